The van der Waals surface area contributed by atoms with E-state index in [4.69, 9.17) is 4.74 Å². The van der Waals surface area contributed by atoms with Crippen molar-refractivity contribution < 1.29 is 13.9 Å². The maximum Gasteiger partial charge on any atom is 0.313 e. The van der Waals surface area contributed by atoms with Crippen LogP contribution in [0.1, 0.15) is 12.7 Å². The lowest BCUT2D eigenvalue weighted by Gasteiger charge is -1.97. The average molecular weight is 301 g/mol. The second-order valence-corrected chi connectivity index (χ2v) is 4.30. The van der Waals surface area contributed by atoms with Crippen molar-refractivity contribution in [3.8, 4) is 0 Å². The lowest BCUT2D eigenvalue weighted by molar-refractivity contribution is -0.142. The van der Waals surface area contributed by atoms with Crippen LogP contribution in [0.4, 0.5) is 4.39 Å². The fourth-order valence-electron chi connectivity index (χ4n) is 1.49. The van der Waals surface area contributed by atoms with Gasteiger partial charge >= 0.3 is 5.97 Å². The number of imidazole rings is 1. The number of benzene rings is 1. The van der Waals surface area contributed by atoms with Gasteiger partial charge in [-0.15, -0.1) is 0 Å². The smallest absolute Gasteiger partial charge is 0.313 e. The van der Waals surface area contributed by atoms with Crippen molar-refractivity contribution in [2.75, 3.05) is 6.61 Å². The number of rotatable bonds is 3. The Morgan fingerprint density at radius 1 is 1.59 bits per heavy atom. The molecule has 4 nitrogen and oxygen atoms in total. The van der Waals surface area contributed by atoms with Crippen molar-refractivity contribution in [1.29, 1.82) is 0 Å². The van der Waals surface area contributed by atoms with Crippen LogP contribution in [0.2, 0.25) is 0 Å². The molecule has 0 spiro atoms. The molecule has 0 saturated carbocycles. The van der Waals surface area contributed by atoms with Gasteiger partial charge in [0.25, 0.3) is 0 Å². The molecule has 1 aromatic carbocycles. The third kappa shape index (κ3) is 2.63. The van der Waals surface area contributed by atoms with Crippen molar-refractivity contribution in [2.24, 2.45) is 0 Å². The first-order valence-electron chi connectivity index (χ1n) is 5.09. The Bertz CT molecular complexity index is 529. The molecule has 0 aliphatic heterocycles. The lowest BCUT2D eigenvalue weighted by atomic mass is 10.3. The predicted molar refractivity (Wildman–Crippen MR) is 64.1 cm³/mol. The number of carbonyl (C=O) groups is 1. The van der Waals surface area contributed by atoms with Crippen molar-refractivity contribution >= 4 is 32.9 Å². The van der Waals surface area contributed by atoms with Crippen LogP contribution in [0, 0.1) is 5.82 Å². The molecule has 17 heavy (non-hydrogen) atoms. The normalized spacial score (nSPS) is 10.8. The highest BCUT2D eigenvalue weighted by molar-refractivity contribution is 9.10. The minimum atomic E-state index is -0.371. The zero-order valence-electron chi connectivity index (χ0n) is 9.09. The largest absolute Gasteiger partial charge is 0.466 e. The summed E-state index contributed by atoms with van der Waals surface area (Å²) < 4.78 is 18.4. The third-order valence-electron chi connectivity index (χ3n) is 2.19. The number of aromatic amines is 1. The van der Waals surface area contributed by atoms with Gasteiger partial charge in [-0.1, -0.05) is 0 Å². The number of hydrogen-bond acceptors (Lipinski definition) is 3. The number of nitrogens with zero attached hydrogens (tertiary/aromatic N) is 1. The highest BCUT2D eigenvalue weighted by Gasteiger charge is 2.10. The summed E-state index contributed by atoms with van der Waals surface area (Å²) in [6, 6.07) is 2.90. The average Bonchev–Trinajstić information content (AvgIpc) is 2.60. The van der Waals surface area contributed by atoms with Gasteiger partial charge in [0.05, 0.1) is 22.1 Å². The van der Waals surface area contributed by atoms with Crippen LogP contribution < -0.4 is 0 Å². The number of halogens is 2. The quantitative estimate of drug-likeness (QED) is 0.887. The third-order valence-corrected chi connectivity index (χ3v) is 2.80. The summed E-state index contributed by atoms with van der Waals surface area (Å²) in [6.45, 7) is 2.07. The van der Waals surface area contributed by atoms with Crippen LogP contribution in [0.5, 0.6) is 0 Å². The number of aromatic nitrogens is 2. The predicted octanol–water partition coefficient (Wildman–Crippen LogP) is 2.57. The number of nitrogens with one attached hydrogen (secondary N) is 1. The highest BCUT2D eigenvalue weighted by Crippen LogP contribution is 2.21. The molecule has 6 heteroatoms. The summed E-state index contributed by atoms with van der Waals surface area (Å²) >= 11 is 3.08. The molecule has 1 aromatic heterocycles. The molecule has 0 aliphatic rings. The van der Waals surface area contributed by atoms with Crippen LogP contribution in [-0.2, 0) is 16.0 Å². The number of H-pyrrole nitrogens is 1. The Kier molecular flexibility index (Phi) is 3.42. The van der Waals surface area contributed by atoms with E-state index in [-0.39, 0.29) is 18.2 Å². The van der Waals surface area contributed by atoms with Crippen molar-refractivity contribution in [2.45, 2.75) is 13.3 Å². The van der Waals surface area contributed by atoms with E-state index in [2.05, 4.69) is 25.9 Å². The van der Waals surface area contributed by atoms with E-state index in [1.54, 1.807) is 13.0 Å². The summed E-state index contributed by atoms with van der Waals surface area (Å²) in [7, 11) is 0. The Hall–Kier alpha value is -1.43. The molecule has 0 atom stereocenters. The van der Waals surface area contributed by atoms with Gasteiger partial charge in [0.2, 0.25) is 0 Å². The van der Waals surface area contributed by atoms with E-state index < -0.39 is 0 Å². The molecule has 2 aromatic rings. The van der Waals surface area contributed by atoms with Crippen molar-refractivity contribution in [3.63, 3.8) is 0 Å². The van der Waals surface area contributed by atoms with Crippen LogP contribution in [0.15, 0.2) is 16.6 Å². The van der Waals surface area contributed by atoms with Gasteiger partial charge in [-0.25, -0.2) is 9.37 Å². The summed E-state index contributed by atoms with van der Waals surface area (Å²) in [4.78, 5) is 18.3. The summed E-state index contributed by atoms with van der Waals surface area (Å²) in [5.41, 5.74) is 1.17. The first kappa shape index (κ1) is 12.0. The molecular formula is C11H10BrFN2O2. The van der Waals surface area contributed by atoms with Crippen LogP contribution in [0.25, 0.3) is 11.0 Å². The summed E-state index contributed by atoms with van der Waals surface area (Å²) in [5.74, 6) is -0.258. The molecule has 2 rings (SSSR count). The topological polar surface area (TPSA) is 55.0 Å². The van der Waals surface area contributed by atoms with E-state index in [0.717, 1.165) is 0 Å². The monoisotopic (exact) mass is 300 g/mol. The van der Waals surface area contributed by atoms with Gasteiger partial charge in [0.15, 0.2) is 0 Å². The lowest BCUT2D eigenvalue weighted by Crippen LogP contribution is -2.08. The van der Waals surface area contributed by atoms with Gasteiger partial charge in [-0.05, 0) is 28.9 Å². The van der Waals surface area contributed by atoms with E-state index in [1.165, 1.54) is 6.07 Å². The number of carbonyl (C=O) groups excluding carboxylic acids is 1. The van der Waals surface area contributed by atoms with Gasteiger partial charge in [0, 0.05) is 6.07 Å². The van der Waals surface area contributed by atoms with Crippen LogP contribution >= 0.6 is 15.9 Å². The number of ether oxygens (including phenoxy) is 1. The van der Waals surface area contributed by atoms with Crippen molar-refractivity contribution in [3.05, 3.63) is 28.2 Å². The molecule has 1 N–H and O–H groups in total. The molecule has 1 heterocycles. The minimum Gasteiger partial charge on any atom is -0.466 e. The first-order chi connectivity index (χ1) is 8.10. The Labute approximate surface area is 105 Å². The Balaban J connectivity index is 2.29. The molecule has 0 radical (unpaired) electrons. The number of hydrogen-bond donors (Lipinski definition) is 1. The molecule has 0 amide bonds. The summed E-state index contributed by atoms with van der Waals surface area (Å²) in [6.07, 6.45) is 0.0573. The van der Waals surface area contributed by atoms with E-state index in [1.807, 2.05) is 0 Å². The zero-order valence-corrected chi connectivity index (χ0v) is 10.7. The summed E-state index contributed by atoms with van der Waals surface area (Å²) in [5, 5.41) is 0. The maximum atomic E-state index is 13.3. The van der Waals surface area contributed by atoms with E-state index in [9.17, 15) is 9.18 Å². The minimum absolute atomic E-state index is 0.0573. The highest BCUT2D eigenvalue weighted by atomic mass is 79.9. The number of esters is 1. The van der Waals surface area contributed by atoms with Crippen LogP contribution in [0.3, 0.4) is 0 Å². The molecular weight excluding hydrogens is 291 g/mol. The molecule has 0 unspecified atom stereocenters. The molecule has 0 fully saturated rings. The van der Waals surface area contributed by atoms with Crippen molar-refractivity contribution in [1.82, 2.24) is 9.97 Å². The van der Waals surface area contributed by atoms with E-state index in [0.29, 0.717) is 27.9 Å². The first-order valence-corrected chi connectivity index (χ1v) is 5.88. The fraction of sp³-hybridized carbons (Fsp3) is 0.273. The molecule has 0 saturated heterocycles. The van der Waals surface area contributed by atoms with E-state index >= 15 is 0 Å². The number of fused-ring (bicyclic) bond motifs is 1. The van der Waals surface area contributed by atoms with Gasteiger partial charge in [-0.3, -0.25) is 4.79 Å². The maximum absolute atomic E-state index is 13.3. The van der Waals surface area contributed by atoms with Crippen LogP contribution in [-0.4, -0.2) is 22.5 Å². The molecule has 0 bridgehead atoms. The molecule has 90 valence electrons. The zero-order chi connectivity index (χ0) is 12.4. The SMILES string of the molecule is CCOC(=O)Cc1nc2cc(Br)c(F)cc2[nH]1. The Morgan fingerprint density at radius 3 is 3.06 bits per heavy atom. The molecule has 0 aliphatic carbocycles. The van der Waals surface area contributed by atoms with Gasteiger partial charge < -0.3 is 9.72 Å². The van der Waals surface area contributed by atoms with Gasteiger partial charge in [-0.2, -0.15) is 0 Å². The fourth-order valence-corrected chi connectivity index (χ4v) is 1.82. The second-order valence-electron chi connectivity index (χ2n) is 3.45. The van der Waals surface area contributed by atoms with Gasteiger partial charge in [0.1, 0.15) is 18.1 Å². The Morgan fingerprint density at radius 2 is 2.35 bits per heavy atom. The standard InChI is InChI=1S/C11H10BrFN2O2/c1-2-17-11(16)5-10-14-8-3-6(12)7(13)4-9(8)15-10/h3-4H,2,5H2,1H3,(H,14,15). The second kappa shape index (κ2) is 4.83.